The molecule has 0 bridgehead atoms. The molecular weight excluding hydrogens is 394 g/mol. The van der Waals surface area contributed by atoms with E-state index in [1.165, 1.54) is 18.4 Å². The van der Waals surface area contributed by atoms with Crippen LogP contribution in [0.3, 0.4) is 0 Å². The molecule has 1 N–H and O–H groups in total. The van der Waals surface area contributed by atoms with Gasteiger partial charge in [-0.15, -0.1) is 21.5 Å². The van der Waals surface area contributed by atoms with Crippen LogP contribution in [0.5, 0.6) is 5.75 Å². The zero-order valence-corrected chi connectivity index (χ0v) is 16.1. The summed E-state index contributed by atoms with van der Waals surface area (Å²) in [6.45, 7) is 0. The lowest BCUT2D eigenvalue weighted by atomic mass is 10.1. The van der Waals surface area contributed by atoms with Gasteiger partial charge in [0.05, 0.1) is 17.6 Å². The van der Waals surface area contributed by atoms with E-state index < -0.39 is 0 Å². The summed E-state index contributed by atoms with van der Waals surface area (Å²) >= 11 is 8.78. The summed E-state index contributed by atoms with van der Waals surface area (Å²) in [6, 6.07) is 8.68. The second-order valence-electron chi connectivity index (χ2n) is 5.21. The fourth-order valence-electron chi connectivity index (χ4n) is 2.22. The molecule has 0 atom stereocenters. The maximum absolute atomic E-state index is 12.4. The molecule has 3 rings (SSSR count). The Morgan fingerprint density at radius 3 is 2.81 bits per heavy atom. The third kappa shape index (κ3) is 4.46. The van der Waals surface area contributed by atoms with Crippen LogP contribution in [-0.2, 0) is 4.79 Å². The molecule has 0 aliphatic carbocycles. The van der Waals surface area contributed by atoms with Crippen LogP contribution in [0.4, 0.5) is 5.13 Å². The number of ketones is 1. The van der Waals surface area contributed by atoms with Crippen LogP contribution in [0.1, 0.15) is 23.2 Å². The van der Waals surface area contributed by atoms with Crippen LogP contribution in [0, 0.1) is 0 Å². The number of halogens is 1. The molecule has 1 aromatic carbocycles. The molecule has 0 saturated heterocycles. The van der Waals surface area contributed by atoms with Gasteiger partial charge in [0.25, 0.3) is 0 Å². The van der Waals surface area contributed by atoms with Gasteiger partial charge in [0, 0.05) is 17.9 Å². The average molecular weight is 408 g/mol. The fraction of sp³-hybridized carbons (Fsp3) is 0.176. The van der Waals surface area contributed by atoms with Crippen LogP contribution in [-0.4, -0.2) is 29.0 Å². The largest absolute Gasteiger partial charge is 0.496 e. The smallest absolute Gasteiger partial charge is 0.226 e. The van der Waals surface area contributed by atoms with Crippen molar-refractivity contribution in [1.82, 2.24) is 10.2 Å². The highest BCUT2D eigenvalue weighted by molar-refractivity contribution is 7.23. The van der Waals surface area contributed by atoms with Crippen LogP contribution in [0.15, 0.2) is 35.7 Å². The molecule has 6 nitrogen and oxygen atoms in total. The Kier molecular flexibility index (Phi) is 5.97. The number of Topliss-reactive ketones (excluding diaryl/α,β-unsaturated/α-hetero) is 1. The van der Waals surface area contributed by atoms with Gasteiger partial charge in [-0.1, -0.05) is 29.0 Å². The standard InChI is InChI=1S/C17H14ClN3O3S2/c1-24-13-6-4-10(18)9-11(13)12(22)5-7-15(23)19-17-21-20-16(26-17)14-3-2-8-25-14/h2-4,6,8-9H,5,7H2,1H3,(H,19,21,23). The average Bonchev–Trinajstić information content (AvgIpc) is 3.31. The van der Waals surface area contributed by atoms with Crippen molar-refractivity contribution in [3.8, 4) is 15.6 Å². The van der Waals surface area contributed by atoms with Crippen molar-refractivity contribution in [1.29, 1.82) is 0 Å². The van der Waals surface area contributed by atoms with Gasteiger partial charge in [0.2, 0.25) is 11.0 Å². The quantitative estimate of drug-likeness (QED) is 0.582. The van der Waals surface area contributed by atoms with E-state index in [4.69, 9.17) is 16.3 Å². The van der Waals surface area contributed by atoms with Crippen molar-refractivity contribution in [3.63, 3.8) is 0 Å². The third-order valence-electron chi connectivity index (χ3n) is 3.44. The van der Waals surface area contributed by atoms with Crippen molar-refractivity contribution >= 4 is 51.1 Å². The summed E-state index contributed by atoms with van der Waals surface area (Å²) in [5.74, 6) is -0.0752. The van der Waals surface area contributed by atoms with E-state index in [9.17, 15) is 9.59 Å². The Morgan fingerprint density at radius 1 is 1.23 bits per heavy atom. The van der Waals surface area contributed by atoms with E-state index in [1.807, 2.05) is 17.5 Å². The summed E-state index contributed by atoms with van der Waals surface area (Å²) in [6.07, 6.45) is 0.0710. The molecule has 9 heteroatoms. The fourth-order valence-corrected chi connectivity index (χ4v) is 3.94. The Bertz CT molecular complexity index is 925. The third-order valence-corrected chi connectivity index (χ3v) is 5.56. The molecule has 0 unspecified atom stereocenters. The Balaban J connectivity index is 1.57. The second-order valence-corrected chi connectivity index (χ2v) is 7.57. The number of aromatic nitrogens is 2. The van der Waals surface area contributed by atoms with E-state index in [0.717, 1.165) is 9.88 Å². The van der Waals surface area contributed by atoms with Gasteiger partial charge >= 0.3 is 0 Å². The minimum Gasteiger partial charge on any atom is -0.496 e. The molecule has 0 aliphatic rings. The monoisotopic (exact) mass is 407 g/mol. The molecule has 2 aromatic heterocycles. The number of amides is 1. The maximum atomic E-state index is 12.4. The number of methoxy groups -OCH3 is 1. The Hall–Kier alpha value is -2.29. The number of hydrogen-bond donors (Lipinski definition) is 1. The summed E-state index contributed by atoms with van der Waals surface area (Å²) in [5.41, 5.74) is 0.365. The van der Waals surface area contributed by atoms with E-state index in [-0.39, 0.29) is 24.5 Å². The van der Waals surface area contributed by atoms with Crippen LogP contribution in [0.2, 0.25) is 5.02 Å². The zero-order valence-electron chi connectivity index (χ0n) is 13.7. The SMILES string of the molecule is COc1ccc(Cl)cc1C(=O)CCC(=O)Nc1nnc(-c2cccs2)s1. The highest BCUT2D eigenvalue weighted by Gasteiger charge is 2.16. The predicted molar refractivity (Wildman–Crippen MR) is 103 cm³/mol. The van der Waals surface area contributed by atoms with Crippen LogP contribution < -0.4 is 10.1 Å². The first-order valence-corrected chi connectivity index (χ1v) is 9.68. The number of anilines is 1. The van der Waals surface area contributed by atoms with Gasteiger partial charge in [0.15, 0.2) is 10.8 Å². The summed E-state index contributed by atoms with van der Waals surface area (Å²) in [4.78, 5) is 25.4. The van der Waals surface area contributed by atoms with Crippen molar-refractivity contribution in [2.45, 2.75) is 12.8 Å². The van der Waals surface area contributed by atoms with Gasteiger partial charge in [-0.3, -0.25) is 9.59 Å². The molecule has 2 heterocycles. The Labute approximate surface area is 162 Å². The van der Waals surface area contributed by atoms with Crippen molar-refractivity contribution < 1.29 is 14.3 Å². The van der Waals surface area contributed by atoms with Crippen LogP contribution >= 0.6 is 34.3 Å². The molecule has 0 radical (unpaired) electrons. The number of thiophene rings is 1. The van der Waals surface area contributed by atoms with Crippen molar-refractivity contribution in [2.24, 2.45) is 0 Å². The minimum atomic E-state index is -0.298. The van der Waals surface area contributed by atoms with Gasteiger partial charge in [0.1, 0.15) is 5.75 Å². The number of carbonyl (C=O) groups excluding carboxylic acids is 2. The van der Waals surface area contributed by atoms with Crippen LogP contribution in [0.25, 0.3) is 9.88 Å². The number of nitrogens with zero attached hydrogens (tertiary/aromatic N) is 2. The molecule has 0 spiro atoms. The molecule has 0 saturated carbocycles. The summed E-state index contributed by atoms with van der Waals surface area (Å²) in [5, 5.41) is 14.2. The zero-order chi connectivity index (χ0) is 18.5. The number of carbonyl (C=O) groups is 2. The van der Waals surface area contributed by atoms with Gasteiger partial charge in [-0.05, 0) is 29.6 Å². The summed E-state index contributed by atoms with van der Waals surface area (Å²) in [7, 11) is 1.48. The number of hydrogen-bond acceptors (Lipinski definition) is 7. The van der Waals surface area contributed by atoms with Crippen molar-refractivity contribution in [3.05, 3.63) is 46.3 Å². The molecule has 134 valence electrons. The summed E-state index contributed by atoms with van der Waals surface area (Å²) < 4.78 is 5.17. The predicted octanol–water partition coefficient (Wildman–Crippen LogP) is 4.53. The second kappa shape index (κ2) is 8.39. The lowest BCUT2D eigenvalue weighted by Crippen LogP contribution is -2.13. The maximum Gasteiger partial charge on any atom is 0.226 e. The molecule has 1 amide bonds. The highest BCUT2D eigenvalue weighted by Crippen LogP contribution is 2.30. The molecule has 0 aliphatic heterocycles. The number of benzene rings is 1. The van der Waals surface area contributed by atoms with Crippen molar-refractivity contribution in [2.75, 3.05) is 12.4 Å². The lowest BCUT2D eigenvalue weighted by molar-refractivity contribution is -0.116. The normalized spacial score (nSPS) is 10.5. The van der Waals surface area contributed by atoms with E-state index >= 15 is 0 Å². The van der Waals surface area contributed by atoms with Gasteiger partial charge < -0.3 is 10.1 Å². The topological polar surface area (TPSA) is 81.2 Å². The Morgan fingerprint density at radius 2 is 2.08 bits per heavy atom. The van der Waals surface area contributed by atoms with E-state index in [2.05, 4.69) is 15.5 Å². The molecule has 0 fully saturated rings. The number of rotatable bonds is 7. The minimum absolute atomic E-state index is 0.0302. The molecular formula is C17H14ClN3O3S2. The molecule has 3 aromatic rings. The van der Waals surface area contributed by atoms with Gasteiger partial charge in [-0.2, -0.15) is 0 Å². The molecule has 26 heavy (non-hydrogen) atoms. The number of ether oxygens (including phenoxy) is 1. The first-order valence-electron chi connectivity index (χ1n) is 7.61. The first-order chi connectivity index (χ1) is 12.6. The first kappa shape index (κ1) is 18.5. The van der Waals surface area contributed by atoms with E-state index in [0.29, 0.717) is 21.5 Å². The van der Waals surface area contributed by atoms with Gasteiger partial charge in [-0.25, -0.2) is 0 Å². The highest BCUT2D eigenvalue weighted by atomic mass is 35.5. The lowest BCUT2D eigenvalue weighted by Gasteiger charge is -2.08. The number of nitrogens with one attached hydrogen (secondary N) is 1. The van der Waals surface area contributed by atoms with E-state index in [1.54, 1.807) is 29.5 Å².